The first kappa shape index (κ1) is 29.8. The summed E-state index contributed by atoms with van der Waals surface area (Å²) in [6, 6.07) is 14.7. The summed E-state index contributed by atoms with van der Waals surface area (Å²) in [4.78, 5) is 22.6. The van der Waals surface area contributed by atoms with Gasteiger partial charge in [-0.05, 0) is 72.9 Å². The molecule has 0 bridgehead atoms. The van der Waals surface area contributed by atoms with E-state index in [4.69, 9.17) is 4.42 Å². The van der Waals surface area contributed by atoms with Crippen molar-refractivity contribution in [3.8, 4) is 11.3 Å². The van der Waals surface area contributed by atoms with Gasteiger partial charge in [0.15, 0.2) is 5.76 Å². The zero-order valence-corrected chi connectivity index (χ0v) is 27.6. The first-order chi connectivity index (χ1) is 20.4. The minimum atomic E-state index is 0.0759. The number of halogens is 1. The number of carbonyl (C=O) groups excluding carboxylic acids is 1. The highest BCUT2D eigenvalue weighted by atomic mass is 79.9. The van der Waals surface area contributed by atoms with E-state index in [1.807, 2.05) is 41.4 Å². The predicted octanol–water partition coefficient (Wildman–Crippen LogP) is 6.83. The monoisotopic (exact) mass is 644 g/mol. The minimum absolute atomic E-state index is 0.0759. The summed E-state index contributed by atoms with van der Waals surface area (Å²) in [5, 5.41) is 8.77. The fourth-order valence-electron chi connectivity index (χ4n) is 6.71. The number of rotatable bonds is 6. The smallest absolute Gasteiger partial charge is 0.253 e. The molecular formula is C34H41BrN6O2. The molecule has 9 heteroatoms. The topological polar surface area (TPSA) is 80.3 Å². The maximum absolute atomic E-state index is 13.8. The molecule has 3 heterocycles. The third-order valence-electron chi connectivity index (χ3n) is 9.38. The van der Waals surface area contributed by atoms with E-state index in [9.17, 15) is 4.79 Å². The van der Waals surface area contributed by atoms with Crippen LogP contribution in [0.25, 0.3) is 11.3 Å². The fourth-order valence-corrected chi connectivity index (χ4v) is 7.11. The van der Waals surface area contributed by atoms with Crippen LogP contribution in [0, 0.1) is 0 Å². The Morgan fingerprint density at radius 3 is 2.42 bits per heavy atom. The van der Waals surface area contributed by atoms with Gasteiger partial charge in [0.05, 0.1) is 18.1 Å². The molecule has 43 heavy (non-hydrogen) atoms. The highest BCUT2D eigenvalue weighted by Gasteiger charge is 2.38. The summed E-state index contributed by atoms with van der Waals surface area (Å²) in [6.07, 6.45) is 5.99. The number of oxazole rings is 1. The minimum Gasteiger partial charge on any atom is -0.439 e. The van der Waals surface area contributed by atoms with E-state index in [-0.39, 0.29) is 28.8 Å². The molecule has 0 radical (unpaired) electrons. The van der Waals surface area contributed by atoms with Crippen LogP contribution in [0.15, 0.2) is 63.7 Å². The Labute approximate surface area is 262 Å². The van der Waals surface area contributed by atoms with Crippen LogP contribution in [0.5, 0.6) is 0 Å². The summed E-state index contributed by atoms with van der Waals surface area (Å²) >= 11 is 3.50. The lowest BCUT2D eigenvalue weighted by molar-refractivity contribution is 0.0264. The van der Waals surface area contributed by atoms with Gasteiger partial charge in [0.1, 0.15) is 6.54 Å². The van der Waals surface area contributed by atoms with E-state index in [0.717, 1.165) is 39.9 Å². The number of hydrogen-bond acceptors (Lipinski definition) is 6. The number of benzene rings is 2. The molecule has 4 aromatic rings. The molecule has 0 spiro atoms. The first-order valence-corrected chi connectivity index (χ1v) is 16.0. The lowest BCUT2D eigenvalue weighted by atomic mass is 9.63. The lowest BCUT2D eigenvalue weighted by Gasteiger charge is -2.44. The third kappa shape index (κ3) is 6.07. The highest BCUT2D eigenvalue weighted by molar-refractivity contribution is 9.10. The van der Waals surface area contributed by atoms with Gasteiger partial charge in [0.2, 0.25) is 5.89 Å². The third-order valence-corrected chi connectivity index (χ3v) is 9.87. The maximum atomic E-state index is 13.8. The molecule has 1 aliphatic heterocycles. The van der Waals surface area contributed by atoms with E-state index in [1.54, 1.807) is 10.9 Å². The highest BCUT2D eigenvalue weighted by Crippen LogP contribution is 2.46. The quantitative estimate of drug-likeness (QED) is 0.229. The molecule has 6 rings (SSSR count). The van der Waals surface area contributed by atoms with Crippen LogP contribution in [0.4, 0.5) is 0 Å². The van der Waals surface area contributed by atoms with Crippen molar-refractivity contribution >= 4 is 21.8 Å². The van der Waals surface area contributed by atoms with Crippen molar-refractivity contribution in [1.82, 2.24) is 29.8 Å². The van der Waals surface area contributed by atoms with Gasteiger partial charge in [-0.25, -0.2) is 9.67 Å². The number of aromatic nitrogens is 4. The maximum Gasteiger partial charge on any atom is 0.253 e. The molecule has 2 atom stereocenters. The number of piperazine rings is 1. The molecule has 1 fully saturated rings. The molecule has 1 saturated heterocycles. The van der Waals surface area contributed by atoms with Crippen LogP contribution in [0.1, 0.15) is 87.5 Å². The molecule has 0 saturated carbocycles. The summed E-state index contributed by atoms with van der Waals surface area (Å²) in [7, 11) is 0. The molecule has 0 unspecified atom stereocenters. The van der Waals surface area contributed by atoms with Crippen LogP contribution in [-0.4, -0.2) is 60.9 Å². The predicted molar refractivity (Wildman–Crippen MR) is 171 cm³/mol. The largest absolute Gasteiger partial charge is 0.439 e. The second-order valence-corrected chi connectivity index (χ2v) is 14.6. The van der Waals surface area contributed by atoms with Crippen molar-refractivity contribution in [1.29, 1.82) is 0 Å². The van der Waals surface area contributed by atoms with Crippen LogP contribution < -0.4 is 0 Å². The second kappa shape index (κ2) is 11.3. The average Bonchev–Trinajstić information content (AvgIpc) is 3.62. The van der Waals surface area contributed by atoms with Gasteiger partial charge in [0.25, 0.3) is 5.91 Å². The van der Waals surface area contributed by atoms with E-state index < -0.39 is 0 Å². The van der Waals surface area contributed by atoms with Crippen LogP contribution in [-0.2, 0) is 23.9 Å². The summed E-state index contributed by atoms with van der Waals surface area (Å²) in [6.45, 7) is 16.1. The first-order valence-electron chi connectivity index (χ1n) is 15.2. The molecule has 2 aromatic carbocycles. The molecule has 1 aliphatic carbocycles. The molecule has 2 aliphatic rings. The van der Waals surface area contributed by atoms with Crippen molar-refractivity contribution in [2.24, 2.45) is 0 Å². The van der Waals surface area contributed by atoms with Crippen molar-refractivity contribution in [3.63, 3.8) is 0 Å². The summed E-state index contributed by atoms with van der Waals surface area (Å²) < 4.78 is 8.73. The number of hydrogen-bond donors (Lipinski definition) is 0. The van der Waals surface area contributed by atoms with Crippen LogP contribution in [0.2, 0.25) is 0 Å². The molecule has 2 aromatic heterocycles. The van der Waals surface area contributed by atoms with Crippen molar-refractivity contribution in [2.45, 2.75) is 90.4 Å². The Morgan fingerprint density at radius 1 is 0.977 bits per heavy atom. The summed E-state index contributed by atoms with van der Waals surface area (Å²) in [5.74, 6) is 1.42. The second-order valence-electron chi connectivity index (χ2n) is 13.6. The van der Waals surface area contributed by atoms with Crippen LogP contribution in [0.3, 0.4) is 0 Å². The number of carbonyl (C=O) groups is 1. The Kier molecular flexibility index (Phi) is 7.84. The summed E-state index contributed by atoms with van der Waals surface area (Å²) in [5.41, 5.74) is 5.57. The average molecular weight is 646 g/mol. The van der Waals surface area contributed by atoms with Crippen molar-refractivity contribution < 1.29 is 9.21 Å². The Morgan fingerprint density at radius 2 is 1.70 bits per heavy atom. The fraction of sp³-hybridized carbons (Fsp3) is 0.471. The van der Waals surface area contributed by atoms with E-state index in [1.165, 1.54) is 11.1 Å². The Hall–Kier alpha value is -3.30. The van der Waals surface area contributed by atoms with Gasteiger partial charge in [-0.15, -0.1) is 5.10 Å². The SMILES string of the molecule is C[C@@H]1CN(C(=O)c2ccc3c(c2)C(C)(C)CCC3(C)C)C[C@H](C)N1Cc1cn(Cc2ncc(-c3cccc(Br)c3)o2)nn1. The molecule has 226 valence electrons. The molecule has 1 amide bonds. The number of nitrogens with zero attached hydrogens (tertiary/aromatic N) is 6. The standard InChI is InChI=1S/C34H41BrN6O2/c1-22-17-39(32(42)25-10-11-28-29(15-25)34(5,6)13-12-33(28,3)4)18-23(2)41(22)20-27-19-40(38-37-27)21-31-36-16-30(43-31)24-8-7-9-26(35)14-24/h7-11,14-16,19,22-23H,12-13,17-18,20-21H2,1-6H3/t22-,23+. The number of fused-ring (bicyclic) bond motifs is 1. The molecule has 0 N–H and O–H groups in total. The van der Waals surface area contributed by atoms with E-state index >= 15 is 0 Å². The zero-order chi connectivity index (χ0) is 30.5. The van der Waals surface area contributed by atoms with Gasteiger partial charge in [-0.3, -0.25) is 9.69 Å². The van der Waals surface area contributed by atoms with Crippen LogP contribution >= 0.6 is 15.9 Å². The lowest BCUT2D eigenvalue weighted by Crippen LogP contribution is -2.57. The van der Waals surface area contributed by atoms with E-state index in [2.05, 4.69) is 89.8 Å². The Balaban J connectivity index is 1.10. The van der Waals surface area contributed by atoms with Crippen molar-refractivity contribution in [3.05, 3.63) is 87.6 Å². The zero-order valence-electron chi connectivity index (χ0n) is 26.0. The normalized spacial score (nSPS) is 21.5. The van der Waals surface area contributed by atoms with Gasteiger partial charge >= 0.3 is 0 Å². The van der Waals surface area contributed by atoms with Gasteiger partial charge < -0.3 is 9.32 Å². The van der Waals surface area contributed by atoms with Crippen molar-refractivity contribution in [2.75, 3.05) is 13.1 Å². The Bertz CT molecular complexity index is 1630. The number of amides is 1. The molecular weight excluding hydrogens is 604 g/mol. The molecule has 8 nitrogen and oxygen atoms in total. The van der Waals surface area contributed by atoms with E-state index in [0.29, 0.717) is 32.1 Å². The van der Waals surface area contributed by atoms with Gasteiger partial charge in [-0.1, -0.05) is 67.0 Å². The van der Waals surface area contributed by atoms with Gasteiger partial charge in [-0.2, -0.15) is 0 Å². The van der Waals surface area contributed by atoms with Gasteiger partial charge in [0, 0.05) is 47.3 Å².